The van der Waals surface area contributed by atoms with Crippen molar-refractivity contribution in [1.82, 2.24) is 9.97 Å². The molecule has 3 rings (SSSR count). The van der Waals surface area contributed by atoms with Gasteiger partial charge in [-0.1, -0.05) is 29.8 Å². The van der Waals surface area contributed by atoms with Crippen LogP contribution in [0.2, 0.25) is 0 Å². The van der Waals surface area contributed by atoms with Gasteiger partial charge in [-0.2, -0.15) is 0 Å². The van der Waals surface area contributed by atoms with Crippen molar-refractivity contribution < 1.29 is 4.79 Å². The van der Waals surface area contributed by atoms with Gasteiger partial charge in [0.1, 0.15) is 17.5 Å². The fourth-order valence-corrected chi connectivity index (χ4v) is 2.61. The van der Waals surface area contributed by atoms with E-state index < -0.39 is 0 Å². The Balaban J connectivity index is 1.67. The molecular weight excluding hydrogens is 338 g/mol. The second kappa shape index (κ2) is 8.31. The summed E-state index contributed by atoms with van der Waals surface area (Å²) in [6.45, 7) is 6.12. The van der Waals surface area contributed by atoms with Gasteiger partial charge in [-0.05, 0) is 43.7 Å². The fraction of sp³-hybridized carbons (Fsp3) is 0.190. The van der Waals surface area contributed by atoms with Crippen LogP contribution in [0.15, 0.2) is 54.6 Å². The largest absolute Gasteiger partial charge is 0.366 e. The molecule has 0 bridgehead atoms. The molecule has 0 fully saturated rings. The molecule has 0 aliphatic rings. The minimum atomic E-state index is -0.0913. The molecule has 2 aromatic carbocycles. The van der Waals surface area contributed by atoms with Gasteiger partial charge in [-0.25, -0.2) is 9.97 Å². The van der Waals surface area contributed by atoms with Crippen LogP contribution < -0.4 is 16.0 Å². The molecule has 6 nitrogen and oxygen atoms in total. The van der Waals surface area contributed by atoms with Crippen molar-refractivity contribution in [3.05, 3.63) is 71.5 Å². The van der Waals surface area contributed by atoms with Crippen molar-refractivity contribution in [2.24, 2.45) is 0 Å². The third-order valence-electron chi connectivity index (χ3n) is 3.91. The van der Waals surface area contributed by atoms with Gasteiger partial charge in [0.25, 0.3) is 0 Å². The normalized spacial score (nSPS) is 10.3. The van der Waals surface area contributed by atoms with E-state index in [4.69, 9.17) is 0 Å². The lowest BCUT2D eigenvalue weighted by atomic mass is 10.1. The highest BCUT2D eigenvalue weighted by atomic mass is 16.1. The van der Waals surface area contributed by atoms with Crippen molar-refractivity contribution in [3.8, 4) is 0 Å². The van der Waals surface area contributed by atoms with Gasteiger partial charge in [0.05, 0.1) is 0 Å². The first-order chi connectivity index (χ1) is 13.0. The summed E-state index contributed by atoms with van der Waals surface area (Å²) in [5.41, 5.74) is 4.08. The summed E-state index contributed by atoms with van der Waals surface area (Å²) in [5, 5.41) is 9.35. The van der Waals surface area contributed by atoms with Crippen molar-refractivity contribution in [2.45, 2.75) is 27.3 Å². The third-order valence-corrected chi connectivity index (χ3v) is 3.91. The summed E-state index contributed by atoms with van der Waals surface area (Å²) in [6.07, 6.45) is 0. The SMILES string of the molecule is CC(=O)Nc1ccc(Nc2cc(NCc3ccc(C)cc3)nc(C)n2)cc1. The van der Waals surface area contributed by atoms with E-state index >= 15 is 0 Å². The number of aryl methyl sites for hydroxylation is 2. The topological polar surface area (TPSA) is 78.9 Å². The molecule has 0 saturated carbocycles. The molecule has 0 atom stereocenters. The van der Waals surface area contributed by atoms with Crippen molar-refractivity contribution in [1.29, 1.82) is 0 Å². The second-order valence-electron chi connectivity index (χ2n) is 6.41. The van der Waals surface area contributed by atoms with Crippen LogP contribution in [0.4, 0.5) is 23.0 Å². The molecule has 1 aromatic heterocycles. The molecule has 0 unspecified atom stereocenters. The van der Waals surface area contributed by atoms with E-state index in [1.54, 1.807) is 0 Å². The Bertz CT molecular complexity index is 920. The van der Waals surface area contributed by atoms with Crippen LogP contribution in [0.25, 0.3) is 0 Å². The van der Waals surface area contributed by atoms with E-state index in [9.17, 15) is 4.79 Å². The average Bonchev–Trinajstić information content (AvgIpc) is 2.62. The first kappa shape index (κ1) is 18.4. The molecule has 6 heteroatoms. The Morgan fingerprint density at radius 2 is 1.52 bits per heavy atom. The predicted molar refractivity (Wildman–Crippen MR) is 109 cm³/mol. The highest BCUT2D eigenvalue weighted by molar-refractivity contribution is 5.88. The lowest BCUT2D eigenvalue weighted by Crippen LogP contribution is -2.06. The van der Waals surface area contributed by atoms with Crippen LogP contribution in [0.5, 0.6) is 0 Å². The number of anilines is 4. The molecule has 1 heterocycles. The van der Waals surface area contributed by atoms with E-state index in [1.807, 2.05) is 37.3 Å². The molecule has 0 saturated heterocycles. The molecule has 1 amide bonds. The average molecular weight is 361 g/mol. The summed E-state index contributed by atoms with van der Waals surface area (Å²) in [7, 11) is 0. The maximum atomic E-state index is 11.1. The summed E-state index contributed by atoms with van der Waals surface area (Å²) in [5.74, 6) is 2.06. The van der Waals surface area contributed by atoms with Crippen LogP contribution in [-0.4, -0.2) is 15.9 Å². The Morgan fingerprint density at radius 1 is 0.889 bits per heavy atom. The van der Waals surface area contributed by atoms with Gasteiger partial charge < -0.3 is 16.0 Å². The van der Waals surface area contributed by atoms with Crippen molar-refractivity contribution >= 4 is 28.9 Å². The standard InChI is InChI=1S/C21H23N5O/c1-14-4-6-17(7-5-14)13-22-20-12-21(24-15(2)23-20)26-19-10-8-18(9-11-19)25-16(3)27/h4-12H,13H2,1-3H3,(H,25,27)(H2,22,23,24,26). The minimum absolute atomic E-state index is 0.0913. The van der Waals surface area contributed by atoms with E-state index in [-0.39, 0.29) is 5.91 Å². The first-order valence-corrected chi connectivity index (χ1v) is 8.78. The highest BCUT2D eigenvalue weighted by Gasteiger charge is 2.04. The monoisotopic (exact) mass is 361 g/mol. The van der Waals surface area contributed by atoms with Crippen molar-refractivity contribution in [3.63, 3.8) is 0 Å². The van der Waals surface area contributed by atoms with Gasteiger partial charge in [0, 0.05) is 30.9 Å². The Morgan fingerprint density at radius 3 is 2.19 bits per heavy atom. The number of rotatable bonds is 6. The number of hydrogen-bond acceptors (Lipinski definition) is 5. The molecule has 3 N–H and O–H groups in total. The van der Waals surface area contributed by atoms with E-state index in [2.05, 4.69) is 57.1 Å². The number of hydrogen-bond donors (Lipinski definition) is 3. The number of aromatic nitrogens is 2. The maximum absolute atomic E-state index is 11.1. The zero-order chi connectivity index (χ0) is 19.2. The third kappa shape index (κ3) is 5.54. The summed E-state index contributed by atoms with van der Waals surface area (Å²) in [4.78, 5) is 20.0. The number of amides is 1. The summed E-state index contributed by atoms with van der Waals surface area (Å²) >= 11 is 0. The molecule has 138 valence electrons. The Kier molecular flexibility index (Phi) is 5.66. The lowest BCUT2D eigenvalue weighted by Gasteiger charge is -2.11. The van der Waals surface area contributed by atoms with E-state index in [0.717, 1.165) is 17.2 Å². The highest BCUT2D eigenvalue weighted by Crippen LogP contribution is 2.20. The Labute approximate surface area is 159 Å². The summed E-state index contributed by atoms with van der Waals surface area (Å²) < 4.78 is 0. The van der Waals surface area contributed by atoms with Crippen LogP contribution in [-0.2, 0) is 11.3 Å². The van der Waals surface area contributed by atoms with E-state index in [0.29, 0.717) is 18.2 Å². The van der Waals surface area contributed by atoms with Gasteiger partial charge >= 0.3 is 0 Å². The lowest BCUT2D eigenvalue weighted by molar-refractivity contribution is -0.114. The summed E-state index contributed by atoms with van der Waals surface area (Å²) in [6, 6.07) is 17.7. The van der Waals surface area contributed by atoms with Crippen LogP contribution in [0, 0.1) is 13.8 Å². The number of carbonyl (C=O) groups excluding carboxylic acids is 1. The number of nitrogens with zero attached hydrogens (tertiary/aromatic N) is 2. The molecule has 0 aliphatic carbocycles. The Hall–Kier alpha value is -3.41. The fourth-order valence-electron chi connectivity index (χ4n) is 2.61. The van der Waals surface area contributed by atoms with E-state index in [1.165, 1.54) is 18.1 Å². The zero-order valence-corrected chi connectivity index (χ0v) is 15.7. The number of nitrogens with one attached hydrogen (secondary N) is 3. The van der Waals surface area contributed by atoms with Gasteiger partial charge in [0.15, 0.2) is 0 Å². The second-order valence-corrected chi connectivity index (χ2v) is 6.41. The van der Waals surface area contributed by atoms with Crippen LogP contribution in [0.1, 0.15) is 23.9 Å². The molecule has 27 heavy (non-hydrogen) atoms. The number of carbonyl (C=O) groups is 1. The predicted octanol–water partition coefficient (Wildman–Crippen LogP) is 4.41. The molecule has 0 aliphatic heterocycles. The minimum Gasteiger partial charge on any atom is -0.366 e. The quantitative estimate of drug-likeness (QED) is 0.606. The molecular formula is C21H23N5O. The van der Waals surface area contributed by atoms with Gasteiger partial charge in [0.2, 0.25) is 5.91 Å². The van der Waals surface area contributed by atoms with Crippen molar-refractivity contribution in [2.75, 3.05) is 16.0 Å². The molecule has 0 radical (unpaired) electrons. The van der Waals surface area contributed by atoms with Gasteiger partial charge in [-0.15, -0.1) is 0 Å². The number of benzene rings is 2. The van der Waals surface area contributed by atoms with Crippen LogP contribution in [0.3, 0.4) is 0 Å². The van der Waals surface area contributed by atoms with Gasteiger partial charge in [-0.3, -0.25) is 4.79 Å². The first-order valence-electron chi connectivity index (χ1n) is 8.78. The van der Waals surface area contributed by atoms with Crippen LogP contribution >= 0.6 is 0 Å². The molecule has 0 spiro atoms. The zero-order valence-electron chi connectivity index (χ0n) is 15.7. The maximum Gasteiger partial charge on any atom is 0.221 e. The molecule has 3 aromatic rings. The smallest absolute Gasteiger partial charge is 0.221 e.